The van der Waals surface area contributed by atoms with Gasteiger partial charge in [0.15, 0.2) is 5.76 Å². The predicted molar refractivity (Wildman–Crippen MR) is 63.4 cm³/mol. The predicted octanol–water partition coefficient (Wildman–Crippen LogP) is 2.12. The quantitative estimate of drug-likeness (QED) is 0.860. The molecule has 5 nitrogen and oxygen atoms in total. The maximum Gasteiger partial charge on any atom is 0.238 e. The zero-order chi connectivity index (χ0) is 12.3. The molecule has 0 aliphatic rings. The fourth-order valence-electron chi connectivity index (χ4n) is 1.70. The van der Waals surface area contributed by atoms with E-state index in [2.05, 4.69) is 29.3 Å². The minimum absolute atomic E-state index is 0.333. The summed E-state index contributed by atoms with van der Waals surface area (Å²) in [5.74, 6) is 2.28. The summed E-state index contributed by atoms with van der Waals surface area (Å²) in [4.78, 5) is 4.31. The summed E-state index contributed by atoms with van der Waals surface area (Å²) in [7, 11) is 1.94. The molecular formula is C12H17N3O2. The number of hydrogen-bond acceptors (Lipinski definition) is 5. The molecule has 0 spiro atoms. The number of hydrogen-bond donors (Lipinski definition) is 1. The first-order valence-electron chi connectivity index (χ1n) is 5.74. The van der Waals surface area contributed by atoms with Crippen molar-refractivity contribution in [2.45, 2.75) is 26.3 Å². The standard InChI is InChI=1S/C12H17N3O2/c1-8(2)9(13-3)7-11-14-12(15-17-11)10-5-4-6-16-10/h4-6,8-9,13H,7H2,1-3H3. The second-order valence-electron chi connectivity index (χ2n) is 4.33. The van der Waals surface area contributed by atoms with Gasteiger partial charge in [0.1, 0.15) is 0 Å². The molecule has 2 rings (SSSR count). The Morgan fingerprint density at radius 1 is 1.41 bits per heavy atom. The minimum atomic E-state index is 0.333. The van der Waals surface area contributed by atoms with E-state index in [1.54, 1.807) is 12.3 Å². The van der Waals surface area contributed by atoms with Gasteiger partial charge in [0, 0.05) is 12.5 Å². The van der Waals surface area contributed by atoms with Crippen molar-refractivity contribution < 1.29 is 8.94 Å². The van der Waals surface area contributed by atoms with Crippen LogP contribution in [-0.2, 0) is 6.42 Å². The zero-order valence-electron chi connectivity index (χ0n) is 10.3. The van der Waals surface area contributed by atoms with E-state index in [1.807, 2.05) is 13.1 Å². The Bertz CT molecular complexity index is 448. The molecular weight excluding hydrogens is 218 g/mol. The summed E-state index contributed by atoms with van der Waals surface area (Å²) in [5, 5.41) is 7.14. The van der Waals surface area contributed by atoms with Crippen molar-refractivity contribution in [3.05, 3.63) is 24.3 Å². The van der Waals surface area contributed by atoms with Gasteiger partial charge in [-0.1, -0.05) is 19.0 Å². The lowest BCUT2D eigenvalue weighted by Crippen LogP contribution is -2.32. The summed E-state index contributed by atoms with van der Waals surface area (Å²) in [6.45, 7) is 4.32. The highest BCUT2D eigenvalue weighted by atomic mass is 16.5. The summed E-state index contributed by atoms with van der Waals surface area (Å²) >= 11 is 0. The first-order valence-corrected chi connectivity index (χ1v) is 5.74. The van der Waals surface area contributed by atoms with Crippen LogP contribution in [0.1, 0.15) is 19.7 Å². The Labute approximate surface area is 100 Å². The second kappa shape index (κ2) is 5.14. The lowest BCUT2D eigenvalue weighted by Gasteiger charge is -2.17. The molecule has 1 N–H and O–H groups in total. The third kappa shape index (κ3) is 2.74. The van der Waals surface area contributed by atoms with Crippen LogP contribution in [0.3, 0.4) is 0 Å². The first-order chi connectivity index (χ1) is 8.20. The maximum absolute atomic E-state index is 5.21. The van der Waals surface area contributed by atoms with Crippen LogP contribution in [0.25, 0.3) is 11.6 Å². The molecule has 0 aliphatic carbocycles. The van der Waals surface area contributed by atoms with Gasteiger partial charge in [0.2, 0.25) is 11.7 Å². The molecule has 2 heterocycles. The first kappa shape index (κ1) is 11.9. The average Bonchev–Trinajstić information content (AvgIpc) is 2.95. The van der Waals surface area contributed by atoms with E-state index in [0.717, 1.165) is 6.42 Å². The highest BCUT2D eigenvalue weighted by Crippen LogP contribution is 2.17. The van der Waals surface area contributed by atoms with Crippen LogP contribution in [-0.4, -0.2) is 23.2 Å². The van der Waals surface area contributed by atoms with Crippen LogP contribution in [0.2, 0.25) is 0 Å². The number of nitrogens with zero attached hydrogens (tertiary/aromatic N) is 2. The van der Waals surface area contributed by atoms with E-state index in [4.69, 9.17) is 8.94 Å². The van der Waals surface area contributed by atoms with E-state index in [1.165, 1.54) is 0 Å². The molecule has 5 heteroatoms. The van der Waals surface area contributed by atoms with Crippen molar-refractivity contribution in [2.24, 2.45) is 5.92 Å². The molecule has 1 unspecified atom stereocenters. The number of likely N-dealkylation sites (N-methyl/N-ethyl adjacent to an activating group) is 1. The zero-order valence-corrected chi connectivity index (χ0v) is 10.3. The number of rotatable bonds is 5. The topological polar surface area (TPSA) is 64.1 Å². The van der Waals surface area contributed by atoms with Gasteiger partial charge in [-0.15, -0.1) is 0 Å². The van der Waals surface area contributed by atoms with Crippen molar-refractivity contribution in [1.82, 2.24) is 15.5 Å². The summed E-state index contributed by atoms with van der Waals surface area (Å²) in [5.41, 5.74) is 0. The lowest BCUT2D eigenvalue weighted by atomic mass is 10.0. The van der Waals surface area contributed by atoms with Gasteiger partial charge < -0.3 is 14.3 Å². The molecule has 0 saturated carbocycles. The molecule has 17 heavy (non-hydrogen) atoms. The van der Waals surface area contributed by atoms with E-state index in [9.17, 15) is 0 Å². The summed E-state index contributed by atoms with van der Waals surface area (Å²) in [6.07, 6.45) is 2.32. The molecule has 0 fully saturated rings. The van der Waals surface area contributed by atoms with Crippen molar-refractivity contribution in [2.75, 3.05) is 7.05 Å². The second-order valence-corrected chi connectivity index (χ2v) is 4.33. The molecule has 1 atom stereocenters. The van der Waals surface area contributed by atoms with Crippen LogP contribution >= 0.6 is 0 Å². The smallest absolute Gasteiger partial charge is 0.238 e. The highest BCUT2D eigenvalue weighted by molar-refractivity contribution is 5.44. The molecule has 0 aromatic carbocycles. The molecule has 2 aromatic rings. The van der Waals surface area contributed by atoms with E-state index >= 15 is 0 Å². The number of nitrogens with one attached hydrogen (secondary N) is 1. The molecule has 0 aliphatic heterocycles. The Hall–Kier alpha value is -1.62. The van der Waals surface area contributed by atoms with Gasteiger partial charge in [-0.25, -0.2) is 0 Å². The van der Waals surface area contributed by atoms with Crippen LogP contribution in [0.5, 0.6) is 0 Å². The average molecular weight is 235 g/mol. The molecule has 0 bridgehead atoms. The molecule has 0 radical (unpaired) electrons. The van der Waals surface area contributed by atoms with E-state index in [-0.39, 0.29) is 0 Å². The largest absolute Gasteiger partial charge is 0.461 e. The van der Waals surface area contributed by atoms with Gasteiger partial charge in [-0.2, -0.15) is 4.98 Å². The third-order valence-corrected chi connectivity index (χ3v) is 2.78. The molecule has 92 valence electrons. The normalized spacial score (nSPS) is 13.2. The Morgan fingerprint density at radius 3 is 2.82 bits per heavy atom. The highest BCUT2D eigenvalue weighted by Gasteiger charge is 2.17. The van der Waals surface area contributed by atoms with Crippen LogP contribution in [0, 0.1) is 5.92 Å². The Kier molecular flexibility index (Phi) is 3.58. The molecule has 0 amide bonds. The van der Waals surface area contributed by atoms with Gasteiger partial charge in [0.05, 0.1) is 6.26 Å². The third-order valence-electron chi connectivity index (χ3n) is 2.78. The van der Waals surface area contributed by atoms with E-state index in [0.29, 0.717) is 29.4 Å². The Balaban J connectivity index is 2.08. The Morgan fingerprint density at radius 2 is 2.24 bits per heavy atom. The lowest BCUT2D eigenvalue weighted by molar-refractivity contribution is 0.335. The van der Waals surface area contributed by atoms with E-state index < -0.39 is 0 Å². The molecule has 0 saturated heterocycles. The van der Waals surface area contributed by atoms with Crippen LogP contribution in [0.4, 0.5) is 0 Å². The SMILES string of the molecule is CNC(Cc1nc(-c2ccco2)no1)C(C)C. The van der Waals surface area contributed by atoms with Crippen molar-refractivity contribution in [1.29, 1.82) is 0 Å². The van der Waals surface area contributed by atoms with Crippen molar-refractivity contribution >= 4 is 0 Å². The number of furan rings is 1. The summed E-state index contributed by atoms with van der Waals surface area (Å²) in [6, 6.07) is 3.95. The minimum Gasteiger partial charge on any atom is -0.461 e. The van der Waals surface area contributed by atoms with Crippen LogP contribution < -0.4 is 5.32 Å². The maximum atomic E-state index is 5.21. The fraction of sp³-hybridized carbons (Fsp3) is 0.500. The van der Waals surface area contributed by atoms with Crippen molar-refractivity contribution in [3.63, 3.8) is 0 Å². The summed E-state index contributed by atoms with van der Waals surface area (Å²) < 4.78 is 10.4. The van der Waals surface area contributed by atoms with Gasteiger partial charge in [-0.3, -0.25) is 0 Å². The van der Waals surface area contributed by atoms with Crippen LogP contribution in [0.15, 0.2) is 27.3 Å². The van der Waals surface area contributed by atoms with Gasteiger partial charge in [0.25, 0.3) is 0 Å². The fourth-order valence-corrected chi connectivity index (χ4v) is 1.70. The number of aromatic nitrogens is 2. The molecule has 2 aromatic heterocycles. The van der Waals surface area contributed by atoms with Crippen molar-refractivity contribution in [3.8, 4) is 11.6 Å². The van der Waals surface area contributed by atoms with Gasteiger partial charge >= 0.3 is 0 Å². The van der Waals surface area contributed by atoms with Gasteiger partial charge in [-0.05, 0) is 25.1 Å². The monoisotopic (exact) mass is 235 g/mol.